The lowest BCUT2D eigenvalue weighted by Crippen LogP contribution is -2.24. The Morgan fingerprint density at radius 1 is 1.08 bits per heavy atom. The predicted molar refractivity (Wildman–Crippen MR) is 88.8 cm³/mol. The second-order valence-corrected chi connectivity index (χ2v) is 5.24. The molecule has 25 heavy (non-hydrogen) atoms. The first kappa shape index (κ1) is 16.3. The van der Waals surface area contributed by atoms with E-state index >= 15 is 0 Å². The van der Waals surface area contributed by atoms with E-state index in [0.717, 1.165) is 5.56 Å². The van der Waals surface area contributed by atoms with Crippen molar-refractivity contribution in [3.63, 3.8) is 0 Å². The molecular weight excluding hydrogens is 322 g/mol. The number of aryl methyl sites for hydroxylation is 1. The summed E-state index contributed by atoms with van der Waals surface area (Å²) in [6, 6.07) is 8.14. The number of hydrogen-bond donors (Lipinski definition) is 2. The zero-order valence-electron chi connectivity index (χ0n) is 13.4. The van der Waals surface area contributed by atoms with Crippen LogP contribution in [0.2, 0.25) is 0 Å². The second kappa shape index (κ2) is 7.35. The predicted octanol–water partition coefficient (Wildman–Crippen LogP) is 1.96. The number of carbonyl (C=O) groups excluding carboxylic acids is 2. The first-order valence-corrected chi connectivity index (χ1v) is 7.49. The number of nitrogens with one attached hydrogen (secondary N) is 2. The number of nitrogens with zero attached hydrogens (tertiary/aromatic N) is 3. The first-order valence-electron chi connectivity index (χ1n) is 7.49. The minimum Gasteiger partial charge on any atom is -0.360 e. The fourth-order valence-electron chi connectivity index (χ4n) is 2.08. The normalized spacial score (nSPS) is 10.3. The van der Waals surface area contributed by atoms with Crippen molar-refractivity contribution in [1.29, 1.82) is 0 Å². The van der Waals surface area contributed by atoms with Gasteiger partial charge in [-0.3, -0.25) is 19.6 Å². The van der Waals surface area contributed by atoms with E-state index in [-0.39, 0.29) is 11.6 Å². The first-order chi connectivity index (χ1) is 12.1. The molecule has 3 rings (SSSR count). The molecule has 3 aromatic rings. The monoisotopic (exact) mass is 337 g/mol. The molecule has 8 heteroatoms. The highest BCUT2D eigenvalue weighted by atomic mass is 16.5. The maximum absolute atomic E-state index is 12.2. The van der Waals surface area contributed by atoms with Crippen LogP contribution in [-0.2, 0) is 6.54 Å². The summed E-state index contributed by atoms with van der Waals surface area (Å²) in [7, 11) is 0. The molecule has 0 fully saturated rings. The van der Waals surface area contributed by atoms with E-state index in [1.165, 1.54) is 18.3 Å². The lowest BCUT2D eigenvalue weighted by Gasteiger charge is -2.06. The molecule has 0 spiro atoms. The second-order valence-electron chi connectivity index (χ2n) is 5.24. The van der Waals surface area contributed by atoms with Crippen molar-refractivity contribution in [2.45, 2.75) is 13.5 Å². The third-order valence-corrected chi connectivity index (χ3v) is 3.33. The van der Waals surface area contributed by atoms with Crippen molar-refractivity contribution in [2.75, 3.05) is 5.32 Å². The standard InChI is InChI=1S/C17H15N5O3/c1-11-8-15(22-25-11)21-16(23)13-4-7-19-14(9-13)17(24)20-10-12-2-5-18-6-3-12/h2-9H,10H2,1H3,(H,20,24)(H,21,22,23). The van der Waals surface area contributed by atoms with Gasteiger partial charge in [0.15, 0.2) is 5.82 Å². The molecule has 0 aromatic carbocycles. The average molecular weight is 337 g/mol. The van der Waals surface area contributed by atoms with E-state index in [0.29, 0.717) is 23.7 Å². The average Bonchev–Trinajstić information content (AvgIpc) is 3.05. The summed E-state index contributed by atoms with van der Waals surface area (Å²) in [4.78, 5) is 32.3. The van der Waals surface area contributed by atoms with Crippen LogP contribution in [0.3, 0.4) is 0 Å². The van der Waals surface area contributed by atoms with Crippen LogP contribution in [0, 0.1) is 6.92 Å². The van der Waals surface area contributed by atoms with E-state index in [1.807, 2.05) is 0 Å². The summed E-state index contributed by atoms with van der Waals surface area (Å²) in [5, 5.41) is 9.03. The lowest BCUT2D eigenvalue weighted by molar-refractivity contribution is 0.0946. The summed E-state index contributed by atoms with van der Waals surface area (Å²) < 4.78 is 4.89. The highest BCUT2D eigenvalue weighted by molar-refractivity contribution is 6.05. The molecule has 0 atom stereocenters. The third-order valence-electron chi connectivity index (χ3n) is 3.33. The SMILES string of the molecule is Cc1cc(NC(=O)c2ccnc(C(=O)NCc3ccncc3)c2)no1. The zero-order chi connectivity index (χ0) is 17.6. The Kier molecular flexibility index (Phi) is 4.79. The molecule has 2 amide bonds. The fraction of sp³-hybridized carbons (Fsp3) is 0.118. The Hall–Kier alpha value is -3.55. The van der Waals surface area contributed by atoms with E-state index < -0.39 is 5.91 Å². The fourth-order valence-corrected chi connectivity index (χ4v) is 2.08. The summed E-state index contributed by atoms with van der Waals surface area (Å²) in [6.45, 7) is 2.07. The van der Waals surface area contributed by atoms with Gasteiger partial charge < -0.3 is 15.2 Å². The number of hydrogen-bond acceptors (Lipinski definition) is 6. The molecule has 8 nitrogen and oxygen atoms in total. The van der Waals surface area contributed by atoms with E-state index in [9.17, 15) is 9.59 Å². The highest BCUT2D eigenvalue weighted by Gasteiger charge is 2.13. The number of anilines is 1. The maximum atomic E-state index is 12.2. The quantitative estimate of drug-likeness (QED) is 0.736. The summed E-state index contributed by atoms with van der Waals surface area (Å²) in [6.07, 6.45) is 4.71. The summed E-state index contributed by atoms with van der Waals surface area (Å²) >= 11 is 0. The molecule has 126 valence electrons. The minimum absolute atomic E-state index is 0.151. The smallest absolute Gasteiger partial charge is 0.270 e. The molecular formula is C17H15N5O3. The van der Waals surface area contributed by atoms with Crippen molar-refractivity contribution in [2.24, 2.45) is 0 Å². The Balaban J connectivity index is 1.66. The summed E-state index contributed by atoms with van der Waals surface area (Å²) in [5.41, 5.74) is 1.36. The Morgan fingerprint density at radius 2 is 1.88 bits per heavy atom. The van der Waals surface area contributed by atoms with Gasteiger partial charge in [-0.2, -0.15) is 0 Å². The van der Waals surface area contributed by atoms with Crippen LogP contribution in [0.1, 0.15) is 32.2 Å². The molecule has 0 aliphatic rings. The van der Waals surface area contributed by atoms with Gasteiger partial charge in [0.25, 0.3) is 11.8 Å². The Labute approximate surface area is 143 Å². The van der Waals surface area contributed by atoms with Gasteiger partial charge in [-0.15, -0.1) is 0 Å². The molecule has 0 bridgehead atoms. The van der Waals surface area contributed by atoms with Crippen LogP contribution < -0.4 is 10.6 Å². The Bertz CT molecular complexity index is 892. The lowest BCUT2D eigenvalue weighted by atomic mass is 10.2. The van der Waals surface area contributed by atoms with Crippen LogP contribution in [0.4, 0.5) is 5.82 Å². The number of carbonyl (C=O) groups is 2. The molecule has 0 radical (unpaired) electrons. The van der Waals surface area contributed by atoms with Crippen LogP contribution >= 0.6 is 0 Å². The molecule has 3 aromatic heterocycles. The zero-order valence-corrected chi connectivity index (χ0v) is 13.4. The molecule has 0 aliphatic carbocycles. The largest absolute Gasteiger partial charge is 0.360 e. The van der Waals surface area contributed by atoms with E-state index in [1.54, 1.807) is 37.5 Å². The van der Waals surface area contributed by atoms with Crippen LogP contribution in [0.25, 0.3) is 0 Å². The Morgan fingerprint density at radius 3 is 2.60 bits per heavy atom. The van der Waals surface area contributed by atoms with E-state index in [4.69, 9.17) is 4.52 Å². The third kappa shape index (κ3) is 4.25. The summed E-state index contributed by atoms with van der Waals surface area (Å²) in [5.74, 6) is 0.117. The van der Waals surface area contributed by atoms with Crippen LogP contribution in [-0.4, -0.2) is 26.9 Å². The number of rotatable bonds is 5. The van der Waals surface area contributed by atoms with Crippen molar-refractivity contribution in [3.05, 3.63) is 71.5 Å². The number of pyridine rings is 2. The van der Waals surface area contributed by atoms with Crippen molar-refractivity contribution in [1.82, 2.24) is 20.4 Å². The van der Waals surface area contributed by atoms with Crippen molar-refractivity contribution < 1.29 is 14.1 Å². The molecule has 0 unspecified atom stereocenters. The van der Waals surface area contributed by atoms with Gasteiger partial charge in [-0.1, -0.05) is 5.16 Å². The topological polar surface area (TPSA) is 110 Å². The van der Waals surface area contributed by atoms with E-state index in [2.05, 4.69) is 25.8 Å². The van der Waals surface area contributed by atoms with Crippen molar-refractivity contribution in [3.8, 4) is 0 Å². The van der Waals surface area contributed by atoms with Gasteiger partial charge in [-0.05, 0) is 36.8 Å². The van der Waals surface area contributed by atoms with Crippen LogP contribution in [0.15, 0.2) is 53.4 Å². The maximum Gasteiger partial charge on any atom is 0.270 e. The van der Waals surface area contributed by atoms with Gasteiger partial charge in [-0.25, -0.2) is 0 Å². The molecule has 0 saturated carbocycles. The van der Waals surface area contributed by atoms with Gasteiger partial charge >= 0.3 is 0 Å². The van der Waals surface area contributed by atoms with Gasteiger partial charge in [0.05, 0.1) is 0 Å². The van der Waals surface area contributed by atoms with Gasteiger partial charge in [0.2, 0.25) is 0 Å². The number of amides is 2. The molecule has 2 N–H and O–H groups in total. The number of aromatic nitrogens is 3. The molecule has 0 aliphatic heterocycles. The highest BCUT2D eigenvalue weighted by Crippen LogP contribution is 2.10. The van der Waals surface area contributed by atoms with Gasteiger partial charge in [0.1, 0.15) is 11.5 Å². The molecule has 0 saturated heterocycles. The molecule has 3 heterocycles. The minimum atomic E-state index is -0.404. The van der Waals surface area contributed by atoms with Crippen LogP contribution in [0.5, 0.6) is 0 Å². The van der Waals surface area contributed by atoms with Gasteiger partial charge in [0, 0.05) is 36.8 Å². The van der Waals surface area contributed by atoms with Crippen molar-refractivity contribution >= 4 is 17.6 Å².